The van der Waals surface area contributed by atoms with Crippen LogP contribution in [0.4, 0.5) is 0 Å². The number of aliphatic hydroxyl groups excluding tert-OH is 1. The van der Waals surface area contributed by atoms with Crippen LogP contribution < -0.4 is 10.1 Å². The number of nitrogens with one attached hydrogen (secondary N) is 1. The van der Waals surface area contributed by atoms with E-state index in [0.717, 1.165) is 32.4 Å². The van der Waals surface area contributed by atoms with Gasteiger partial charge in [-0.25, -0.2) is 4.79 Å². The van der Waals surface area contributed by atoms with Crippen molar-refractivity contribution in [3.8, 4) is 5.75 Å². The summed E-state index contributed by atoms with van der Waals surface area (Å²) in [6.07, 6.45) is 2.75. The van der Waals surface area contributed by atoms with E-state index in [2.05, 4.69) is 10.2 Å². The molecule has 152 valence electrons. The summed E-state index contributed by atoms with van der Waals surface area (Å²) in [4.78, 5) is 26.0. The highest BCUT2D eigenvalue weighted by Gasteiger charge is 2.43. The number of benzene rings is 1. The van der Waals surface area contributed by atoms with Crippen LogP contribution in [0.1, 0.15) is 36.0 Å². The van der Waals surface area contributed by atoms with Gasteiger partial charge in [-0.15, -0.1) is 0 Å². The first-order chi connectivity index (χ1) is 13.5. The Labute approximate surface area is 165 Å². The van der Waals surface area contributed by atoms with Gasteiger partial charge < -0.3 is 19.9 Å². The molecule has 2 N–H and O–H groups in total. The molecular weight excluding hydrogens is 360 g/mol. The molecule has 1 saturated heterocycles. The molecule has 3 aliphatic rings. The van der Waals surface area contributed by atoms with Crippen molar-refractivity contribution in [1.29, 1.82) is 0 Å². The third-order valence-electron chi connectivity index (χ3n) is 6.01. The average molecular weight is 388 g/mol. The Bertz CT molecular complexity index is 735. The number of carbonyl (C=O) groups excluding carboxylic acids is 2. The molecule has 1 aromatic rings. The monoisotopic (exact) mass is 388 g/mol. The van der Waals surface area contributed by atoms with Gasteiger partial charge in [-0.3, -0.25) is 9.69 Å². The van der Waals surface area contributed by atoms with E-state index in [0.29, 0.717) is 42.2 Å². The van der Waals surface area contributed by atoms with Crippen molar-refractivity contribution in [2.75, 3.05) is 26.7 Å². The van der Waals surface area contributed by atoms with Crippen molar-refractivity contribution in [1.82, 2.24) is 10.2 Å². The molecule has 0 spiro atoms. The largest absolute Gasteiger partial charge is 0.488 e. The number of nitrogens with zero attached hydrogens (tertiary/aromatic N) is 1. The summed E-state index contributed by atoms with van der Waals surface area (Å²) >= 11 is 0. The molecule has 1 amide bonds. The highest BCUT2D eigenvalue weighted by Crippen LogP contribution is 2.38. The maximum Gasteiger partial charge on any atom is 0.337 e. The number of likely N-dealkylation sites (tertiary alicyclic amines) is 1. The van der Waals surface area contributed by atoms with Gasteiger partial charge in [0.2, 0.25) is 5.91 Å². The van der Waals surface area contributed by atoms with Crippen molar-refractivity contribution >= 4 is 11.9 Å². The topological polar surface area (TPSA) is 88.1 Å². The lowest BCUT2D eigenvalue weighted by Gasteiger charge is -2.35. The average Bonchev–Trinajstić information content (AvgIpc) is 3.40. The van der Waals surface area contributed by atoms with Gasteiger partial charge in [0, 0.05) is 19.1 Å². The Morgan fingerprint density at radius 1 is 1.21 bits per heavy atom. The predicted molar refractivity (Wildman–Crippen MR) is 102 cm³/mol. The van der Waals surface area contributed by atoms with Crippen molar-refractivity contribution in [3.63, 3.8) is 0 Å². The summed E-state index contributed by atoms with van der Waals surface area (Å²) in [6, 6.07) is 7.24. The molecule has 7 heteroatoms. The van der Waals surface area contributed by atoms with E-state index < -0.39 is 12.1 Å². The molecule has 1 aliphatic heterocycles. The minimum Gasteiger partial charge on any atom is -0.488 e. The van der Waals surface area contributed by atoms with Crippen LogP contribution in [0.3, 0.4) is 0 Å². The molecule has 0 bridgehead atoms. The lowest BCUT2D eigenvalue weighted by molar-refractivity contribution is -0.122. The first kappa shape index (κ1) is 19.2. The van der Waals surface area contributed by atoms with Crippen molar-refractivity contribution < 1.29 is 24.2 Å². The summed E-state index contributed by atoms with van der Waals surface area (Å²) in [6.45, 7) is 2.15. The van der Waals surface area contributed by atoms with Crippen molar-refractivity contribution in [3.05, 3.63) is 29.8 Å². The standard InChI is InChI=1S/C21H28N2O5/c1-27-21(26)13-3-2-4-17(7-13)28-19-9-15-11-23(10-14(15)8-18(19)24)12-20(25)22-16-5-6-16/h2-4,7,14-16,18-19,24H,5-6,8-12H2,1H3,(H,22,25)/t14-,15+,18+,19+/m0/s1. The summed E-state index contributed by atoms with van der Waals surface area (Å²) < 4.78 is 10.8. The second-order valence-corrected chi connectivity index (χ2v) is 8.27. The van der Waals surface area contributed by atoms with Gasteiger partial charge in [0.1, 0.15) is 11.9 Å². The third kappa shape index (κ3) is 4.47. The van der Waals surface area contributed by atoms with Crippen LogP contribution in [-0.2, 0) is 9.53 Å². The van der Waals surface area contributed by atoms with Gasteiger partial charge in [0.15, 0.2) is 0 Å². The fourth-order valence-corrected chi connectivity index (χ4v) is 4.44. The second-order valence-electron chi connectivity index (χ2n) is 8.27. The molecule has 4 atom stereocenters. The van der Waals surface area contributed by atoms with Gasteiger partial charge >= 0.3 is 5.97 Å². The summed E-state index contributed by atoms with van der Waals surface area (Å²) in [5.41, 5.74) is 0.428. The lowest BCUT2D eigenvalue weighted by atomic mass is 9.78. The van der Waals surface area contributed by atoms with Crippen LogP contribution in [0.25, 0.3) is 0 Å². The number of rotatable bonds is 6. The Morgan fingerprint density at radius 2 is 1.96 bits per heavy atom. The number of ether oxygens (including phenoxy) is 2. The maximum absolute atomic E-state index is 12.1. The number of hydrogen-bond acceptors (Lipinski definition) is 6. The van der Waals surface area contributed by atoms with E-state index in [-0.39, 0.29) is 12.0 Å². The van der Waals surface area contributed by atoms with Gasteiger partial charge in [0.05, 0.1) is 25.3 Å². The number of amides is 1. The number of aliphatic hydroxyl groups is 1. The minimum absolute atomic E-state index is 0.106. The highest BCUT2D eigenvalue weighted by atomic mass is 16.5. The second kappa shape index (κ2) is 8.09. The molecule has 1 aromatic carbocycles. The normalized spacial score (nSPS) is 29.8. The number of carbonyl (C=O) groups is 2. The van der Waals surface area contributed by atoms with Crippen molar-refractivity contribution in [2.24, 2.45) is 11.8 Å². The molecule has 0 radical (unpaired) electrons. The molecule has 3 fully saturated rings. The number of methoxy groups -OCH3 is 1. The van der Waals surface area contributed by atoms with Gasteiger partial charge in [-0.2, -0.15) is 0 Å². The van der Waals surface area contributed by atoms with E-state index in [9.17, 15) is 14.7 Å². The fourth-order valence-electron chi connectivity index (χ4n) is 4.44. The summed E-state index contributed by atoms with van der Waals surface area (Å²) in [7, 11) is 1.34. The van der Waals surface area contributed by atoms with Gasteiger partial charge in [-0.1, -0.05) is 6.07 Å². The van der Waals surface area contributed by atoms with Crippen LogP contribution in [0.5, 0.6) is 5.75 Å². The zero-order chi connectivity index (χ0) is 19.7. The molecule has 2 saturated carbocycles. The van der Waals surface area contributed by atoms with Gasteiger partial charge in [-0.05, 0) is 55.7 Å². The third-order valence-corrected chi connectivity index (χ3v) is 6.01. The van der Waals surface area contributed by atoms with Crippen LogP contribution in [0.15, 0.2) is 24.3 Å². The van der Waals surface area contributed by atoms with E-state index in [4.69, 9.17) is 9.47 Å². The summed E-state index contributed by atoms with van der Waals surface area (Å²) in [5, 5.41) is 13.6. The highest BCUT2D eigenvalue weighted by molar-refractivity contribution is 5.89. The van der Waals surface area contributed by atoms with E-state index in [1.807, 2.05) is 0 Å². The zero-order valence-corrected chi connectivity index (χ0v) is 16.2. The van der Waals surface area contributed by atoms with Crippen LogP contribution in [-0.4, -0.2) is 66.9 Å². The first-order valence-corrected chi connectivity index (χ1v) is 10.1. The smallest absolute Gasteiger partial charge is 0.337 e. The number of hydrogen-bond donors (Lipinski definition) is 2. The Hall–Kier alpha value is -2.12. The SMILES string of the molecule is COC(=O)c1cccc(O[C@@H]2C[C@@H]3CN(CC(=O)NC4CC4)C[C@@H]3C[C@H]2O)c1. The predicted octanol–water partition coefficient (Wildman–Crippen LogP) is 1.20. The number of esters is 1. The minimum atomic E-state index is -0.553. The van der Waals surface area contributed by atoms with E-state index in [1.54, 1.807) is 24.3 Å². The van der Waals surface area contributed by atoms with Crippen molar-refractivity contribution in [2.45, 2.75) is 43.9 Å². The van der Waals surface area contributed by atoms with Crippen LogP contribution in [0, 0.1) is 11.8 Å². The van der Waals surface area contributed by atoms with Crippen LogP contribution in [0.2, 0.25) is 0 Å². The molecule has 4 rings (SSSR count). The zero-order valence-electron chi connectivity index (χ0n) is 16.2. The Kier molecular flexibility index (Phi) is 5.55. The van der Waals surface area contributed by atoms with E-state index >= 15 is 0 Å². The van der Waals surface area contributed by atoms with E-state index in [1.165, 1.54) is 7.11 Å². The number of fused-ring (bicyclic) bond motifs is 1. The Balaban J connectivity index is 1.34. The maximum atomic E-state index is 12.1. The summed E-state index contributed by atoms with van der Waals surface area (Å²) in [5.74, 6) is 1.06. The first-order valence-electron chi connectivity index (χ1n) is 10.1. The molecule has 7 nitrogen and oxygen atoms in total. The molecule has 2 aliphatic carbocycles. The quantitative estimate of drug-likeness (QED) is 0.712. The molecular formula is C21H28N2O5. The molecule has 1 heterocycles. The molecule has 28 heavy (non-hydrogen) atoms. The molecule has 0 aromatic heterocycles. The van der Waals surface area contributed by atoms with Gasteiger partial charge in [0.25, 0.3) is 0 Å². The fraction of sp³-hybridized carbons (Fsp3) is 0.619. The molecule has 0 unspecified atom stereocenters. The van der Waals surface area contributed by atoms with Crippen LogP contribution >= 0.6 is 0 Å². The lowest BCUT2D eigenvalue weighted by Crippen LogP contribution is -2.42. The Morgan fingerprint density at radius 3 is 2.68 bits per heavy atom.